The Morgan fingerprint density at radius 3 is 2.56 bits per heavy atom. The van der Waals surface area contributed by atoms with Gasteiger partial charge in [0.25, 0.3) is 5.91 Å². The normalized spacial score (nSPS) is 15.1. The van der Waals surface area contributed by atoms with Gasteiger partial charge in [-0.15, -0.1) is 0 Å². The summed E-state index contributed by atoms with van der Waals surface area (Å²) in [6, 6.07) is 25.5. The van der Waals surface area contributed by atoms with Gasteiger partial charge in [-0.2, -0.15) is 5.26 Å². The van der Waals surface area contributed by atoms with Crippen LogP contribution in [0.2, 0.25) is 0 Å². The lowest BCUT2D eigenvalue weighted by Gasteiger charge is -2.13. The van der Waals surface area contributed by atoms with Crippen molar-refractivity contribution in [2.45, 2.75) is 38.8 Å². The third kappa shape index (κ3) is 4.87. The van der Waals surface area contributed by atoms with Gasteiger partial charge in [0.1, 0.15) is 6.10 Å². The zero-order valence-electron chi connectivity index (χ0n) is 18.2. The van der Waals surface area contributed by atoms with Gasteiger partial charge in [0.15, 0.2) is 0 Å². The van der Waals surface area contributed by atoms with Crippen LogP contribution in [-0.2, 0) is 11.3 Å². The van der Waals surface area contributed by atoms with Crippen molar-refractivity contribution in [3.8, 4) is 17.2 Å². The van der Waals surface area contributed by atoms with E-state index in [1.54, 1.807) is 6.07 Å². The largest absolute Gasteiger partial charge is 0.391 e. The highest BCUT2D eigenvalue weighted by Gasteiger charge is 2.24. The first-order valence-electron chi connectivity index (χ1n) is 10.8. The number of hydrogen-bond donors (Lipinski definition) is 1. The molecule has 160 valence electrons. The predicted octanol–water partition coefficient (Wildman–Crippen LogP) is 5.10. The quantitative estimate of drug-likeness (QED) is 0.599. The molecular formula is C27H25N3O2. The lowest BCUT2D eigenvalue weighted by Crippen LogP contribution is -2.30. The standard InChI is InChI=1S/C27H25N3O2/c1-18(2)29-27(31)23-14-21(25-11-7-6-10-20(25)17-28)13-22(15-23)26-16-24(32-30-26)12-19-8-4-3-5-9-19/h3-11,13-15,18,24H,12,16H2,1-2H3,(H,29,31). The van der Waals surface area contributed by atoms with Crippen molar-refractivity contribution in [2.24, 2.45) is 5.16 Å². The molecule has 3 aromatic carbocycles. The van der Waals surface area contributed by atoms with Crippen molar-refractivity contribution in [1.82, 2.24) is 5.32 Å². The molecule has 4 rings (SSSR count). The summed E-state index contributed by atoms with van der Waals surface area (Å²) in [7, 11) is 0. The minimum atomic E-state index is -0.155. The lowest BCUT2D eigenvalue weighted by molar-refractivity contribution is 0.0859. The lowest BCUT2D eigenvalue weighted by atomic mass is 9.93. The number of amides is 1. The van der Waals surface area contributed by atoms with Crippen LogP contribution >= 0.6 is 0 Å². The van der Waals surface area contributed by atoms with Crippen molar-refractivity contribution in [3.63, 3.8) is 0 Å². The monoisotopic (exact) mass is 423 g/mol. The summed E-state index contributed by atoms with van der Waals surface area (Å²) < 4.78 is 0. The van der Waals surface area contributed by atoms with Crippen molar-refractivity contribution >= 4 is 11.6 Å². The highest BCUT2D eigenvalue weighted by atomic mass is 16.6. The second-order valence-corrected chi connectivity index (χ2v) is 8.24. The molecule has 5 heteroatoms. The third-order valence-electron chi connectivity index (χ3n) is 5.35. The first-order chi connectivity index (χ1) is 15.5. The van der Waals surface area contributed by atoms with Gasteiger partial charge in [-0.3, -0.25) is 4.79 Å². The first-order valence-corrected chi connectivity index (χ1v) is 10.8. The zero-order valence-corrected chi connectivity index (χ0v) is 18.2. The number of nitrogens with one attached hydrogen (secondary N) is 1. The van der Waals surface area contributed by atoms with Crippen LogP contribution in [0.5, 0.6) is 0 Å². The zero-order chi connectivity index (χ0) is 22.5. The van der Waals surface area contributed by atoms with Gasteiger partial charge in [0, 0.05) is 30.0 Å². The van der Waals surface area contributed by atoms with E-state index in [2.05, 4.69) is 28.7 Å². The number of nitriles is 1. The maximum Gasteiger partial charge on any atom is 0.251 e. The van der Waals surface area contributed by atoms with Gasteiger partial charge in [-0.25, -0.2) is 0 Å². The molecule has 0 bridgehead atoms. The van der Waals surface area contributed by atoms with E-state index in [0.29, 0.717) is 17.5 Å². The van der Waals surface area contributed by atoms with Crippen LogP contribution in [-0.4, -0.2) is 23.8 Å². The fourth-order valence-electron chi connectivity index (χ4n) is 3.84. The fraction of sp³-hybridized carbons (Fsp3) is 0.222. The number of benzene rings is 3. The summed E-state index contributed by atoms with van der Waals surface area (Å²) in [5.41, 5.74) is 5.53. The summed E-state index contributed by atoms with van der Waals surface area (Å²) in [6.07, 6.45) is 1.38. The molecular weight excluding hydrogens is 398 g/mol. The molecule has 1 amide bonds. The molecule has 1 aliphatic rings. The molecule has 1 heterocycles. The molecule has 5 nitrogen and oxygen atoms in total. The molecule has 1 aliphatic heterocycles. The first kappa shape index (κ1) is 21.3. The van der Waals surface area contributed by atoms with E-state index < -0.39 is 0 Å². The van der Waals surface area contributed by atoms with Crippen LogP contribution in [0.25, 0.3) is 11.1 Å². The van der Waals surface area contributed by atoms with E-state index in [4.69, 9.17) is 4.84 Å². The van der Waals surface area contributed by atoms with Crippen LogP contribution in [0.15, 0.2) is 78.0 Å². The highest BCUT2D eigenvalue weighted by molar-refractivity contribution is 6.05. The molecule has 1 N–H and O–H groups in total. The maximum atomic E-state index is 12.8. The number of oxime groups is 1. The van der Waals surface area contributed by atoms with Crippen LogP contribution < -0.4 is 5.32 Å². The SMILES string of the molecule is CC(C)NC(=O)c1cc(C2=NOC(Cc3ccccc3)C2)cc(-c2ccccc2C#N)c1. The average Bonchev–Trinajstić information content (AvgIpc) is 3.27. The molecule has 0 aromatic heterocycles. The second-order valence-electron chi connectivity index (χ2n) is 8.24. The van der Waals surface area contributed by atoms with Gasteiger partial charge in [0.2, 0.25) is 0 Å². The summed E-state index contributed by atoms with van der Waals surface area (Å²) in [5.74, 6) is -0.155. The molecule has 1 atom stereocenters. The molecule has 0 fully saturated rings. The molecule has 0 aliphatic carbocycles. The topological polar surface area (TPSA) is 74.5 Å². The molecule has 3 aromatic rings. The molecule has 0 spiro atoms. The minimum Gasteiger partial charge on any atom is -0.391 e. The van der Waals surface area contributed by atoms with Crippen molar-refractivity contribution in [2.75, 3.05) is 0 Å². The highest BCUT2D eigenvalue weighted by Crippen LogP contribution is 2.28. The predicted molar refractivity (Wildman–Crippen MR) is 125 cm³/mol. The third-order valence-corrected chi connectivity index (χ3v) is 5.35. The summed E-state index contributed by atoms with van der Waals surface area (Å²) in [4.78, 5) is 18.5. The number of rotatable bonds is 6. The van der Waals surface area contributed by atoms with Gasteiger partial charge < -0.3 is 10.2 Å². The molecule has 0 saturated carbocycles. The number of carbonyl (C=O) groups is 1. The number of nitrogens with zero attached hydrogens (tertiary/aromatic N) is 2. The Kier molecular flexibility index (Phi) is 6.32. The molecule has 0 radical (unpaired) electrons. The van der Waals surface area contributed by atoms with E-state index in [1.165, 1.54) is 5.56 Å². The van der Waals surface area contributed by atoms with E-state index in [1.807, 2.05) is 68.4 Å². The van der Waals surface area contributed by atoms with Gasteiger partial charge in [0.05, 0.1) is 17.3 Å². The van der Waals surface area contributed by atoms with Crippen LogP contribution in [0.4, 0.5) is 0 Å². The van der Waals surface area contributed by atoms with E-state index >= 15 is 0 Å². The van der Waals surface area contributed by atoms with Gasteiger partial charge in [-0.05, 0) is 54.8 Å². The Hall–Kier alpha value is -3.91. The van der Waals surface area contributed by atoms with Crippen molar-refractivity contribution in [3.05, 3.63) is 95.1 Å². The van der Waals surface area contributed by atoms with Crippen LogP contribution in [0, 0.1) is 11.3 Å². The van der Waals surface area contributed by atoms with Crippen molar-refractivity contribution in [1.29, 1.82) is 5.26 Å². The Labute approximate surface area is 188 Å². The minimum absolute atomic E-state index is 0.0170. The molecule has 1 unspecified atom stereocenters. The van der Waals surface area contributed by atoms with Gasteiger partial charge >= 0.3 is 0 Å². The maximum absolute atomic E-state index is 12.8. The molecule has 0 saturated heterocycles. The fourth-order valence-corrected chi connectivity index (χ4v) is 3.84. The average molecular weight is 424 g/mol. The van der Waals surface area contributed by atoms with Gasteiger partial charge in [-0.1, -0.05) is 53.7 Å². The summed E-state index contributed by atoms with van der Waals surface area (Å²) in [6.45, 7) is 3.85. The Morgan fingerprint density at radius 2 is 1.81 bits per heavy atom. The van der Waals surface area contributed by atoms with Crippen LogP contribution in [0.1, 0.15) is 47.3 Å². The Morgan fingerprint density at radius 1 is 1.09 bits per heavy atom. The Bertz CT molecular complexity index is 1190. The van der Waals surface area contributed by atoms with E-state index in [-0.39, 0.29) is 18.1 Å². The Balaban J connectivity index is 1.67. The van der Waals surface area contributed by atoms with E-state index in [9.17, 15) is 10.1 Å². The number of hydrogen-bond acceptors (Lipinski definition) is 4. The second kappa shape index (κ2) is 9.49. The van der Waals surface area contributed by atoms with E-state index in [0.717, 1.165) is 28.8 Å². The number of carbonyl (C=O) groups excluding carboxylic acids is 1. The summed E-state index contributed by atoms with van der Waals surface area (Å²) >= 11 is 0. The van der Waals surface area contributed by atoms with Crippen molar-refractivity contribution < 1.29 is 9.63 Å². The molecule has 32 heavy (non-hydrogen) atoms. The smallest absolute Gasteiger partial charge is 0.251 e. The summed E-state index contributed by atoms with van der Waals surface area (Å²) in [5, 5.41) is 16.9. The van der Waals surface area contributed by atoms with Crippen LogP contribution in [0.3, 0.4) is 0 Å².